The van der Waals surface area contributed by atoms with E-state index in [0.717, 1.165) is 11.3 Å². The number of oxazole rings is 1. The minimum Gasteiger partial charge on any atom is -0.497 e. The normalized spacial score (nSPS) is 10.4. The second-order valence-electron chi connectivity index (χ2n) is 3.78. The fourth-order valence-electron chi connectivity index (χ4n) is 1.63. The van der Waals surface area contributed by atoms with Crippen molar-refractivity contribution in [1.29, 1.82) is 0 Å². The van der Waals surface area contributed by atoms with Crippen LogP contribution in [0.3, 0.4) is 0 Å². The van der Waals surface area contributed by atoms with Gasteiger partial charge in [-0.1, -0.05) is 0 Å². The second kappa shape index (κ2) is 5.55. The van der Waals surface area contributed by atoms with Crippen molar-refractivity contribution in [3.63, 3.8) is 0 Å². The molecular formula is C13H16N2O3. The number of ether oxygens (including phenoxy) is 2. The van der Waals surface area contributed by atoms with E-state index in [1.165, 1.54) is 0 Å². The number of hydrogen-bond acceptors (Lipinski definition) is 5. The van der Waals surface area contributed by atoms with E-state index in [1.54, 1.807) is 26.5 Å². The molecule has 0 aliphatic heterocycles. The number of hydrogen-bond donors (Lipinski definition) is 1. The van der Waals surface area contributed by atoms with Crippen molar-refractivity contribution in [2.24, 2.45) is 0 Å². The molecule has 18 heavy (non-hydrogen) atoms. The van der Waals surface area contributed by atoms with E-state index in [1.807, 2.05) is 19.2 Å². The Bertz CT molecular complexity index is 500. The van der Waals surface area contributed by atoms with Gasteiger partial charge in [0.2, 0.25) is 5.89 Å². The molecule has 0 aliphatic rings. The molecule has 1 aromatic heterocycles. The molecule has 0 unspecified atom stereocenters. The molecule has 0 saturated carbocycles. The molecule has 1 heterocycles. The van der Waals surface area contributed by atoms with Gasteiger partial charge in [0.15, 0.2) is 0 Å². The molecule has 2 aromatic rings. The quantitative estimate of drug-likeness (QED) is 0.878. The lowest BCUT2D eigenvalue weighted by Gasteiger charge is -2.05. The Morgan fingerprint density at radius 1 is 1.17 bits per heavy atom. The highest BCUT2D eigenvalue weighted by atomic mass is 16.5. The summed E-state index contributed by atoms with van der Waals surface area (Å²) in [5, 5.41) is 3.02. The van der Waals surface area contributed by atoms with Crippen molar-refractivity contribution in [3.05, 3.63) is 30.2 Å². The van der Waals surface area contributed by atoms with Gasteiger partial charge in [0.05, 0.1) is 19.9 Å². The summed E-state index contributed by atoms with van der Waals surface area (Å²) in [6.45, 7) is 0.671. The Morgan fingerprint density at radius 3 is 2.39 bits per heavy atom. The van der Waals surface area contributed by atoms with E-state index < -0.39 is 0 Å². The molecule has 0 aliphatic carbocycles. The SMILES string of the molecule is CNCc1coc(-c2cc(OC)cc(OC)c2)n1. The molecule has 1 N–H and O–H groups in total. The first kappa shape index (κ1) is 12.4. The van der Waals surface area contributed by atoms with E-state index in [2.05, 4.69) is 10.3 Å². The van der Waals surface area contributed by atoms with Gasteiger partial charge in [0.25, 0.3) is 0 Å². The Balaban J connectivity index is 2.35. The average molecular weight is 248 g/mol. The number of nitrogens with zero attached hydrogens (tertiary/aromatic N) is 1. The van der Waals surface area contributed by atoms with Gasteiger partial charge in [-0.25, -0.2) is 4.98 Å². The van der Waals surface area contributed by atoms with Crippen molar-refractivity contribution in [2.45, 2.75) is 6.54 Å². The second-order valence-corrected chi connectivity index (χ2v) is 3.78. The van der Waals surface area contributed by atoms with Gasteiger partial charge in [0, 0.05) is 18.2 Å². The molecule has 0 fully saturated rings. The van der Waals surface area contributed by atoms with Gasteiger partial charge in [-0.3, -0.25) is 0 Å². The predicted octanol–water partition coefficient (Wildman–Crippen LogP) is 2.08. The van der Waals surface area contributed by atoms with Crippen LogP contribution in [0.25, 0.3) is 11.5 Å². The van der Waals surface area contributed by atoms with Crippen molar-refractivity contribution < 1.29 is 13.9 Å². The molecule has 5 nitrogen and oxygen atoms in total. The monoisotopic (exact) mass is 248 g/mol. The smallest absolute Gasteiger partial charge is 0.226 e. The van der Waals surface area contributed by atoms with Crippen molar-refractivity contribution in [2.75, 3.05) is 21.3 Å². The fourth-order valence-corrected chi connectivity index (χ4v) is 1.63. The summed E-state index contributed by atoms with van der Waals surface area (Å²) in [5.41, 5.74) is 1.68. The van der Waals surface area contributed by atoms with E-state index in [4.69, 9.17) is 13.9 Å². The zero-order chi connectivity index (χ0) is 13.0. The van der Waals surface area contributed by atoms with Crippen LogP contribution in [0.2, 0.25) is 0 Å². The van der Waals surface area contributed by atoms with Crippen molar-refractivity contribution >= 4 is 0 Å². The molecule has 0 atom stereocenters. The van der Waals surface area contributed by atoms with Crippen LogP contribution in [-0.4, -0.2) is 26.3 Å². The lowest BCUT2D eigenvalue weighted by Crippen LogP contribution is -2.04. The summed E-state index contributed by atoms with van der Waals surface area (Å²) in [6.07, 6.45) is 1.64. The molecular weight excluding hydrogens is 232 g/mol. The minimum absolute atomic E-state index is 0.553. The molecule has 96 valence electrons. The van der Waals surface area contributed by atoms with Gasteiger partial charge in [-0.2, -0.15) is 0 Å². The number of rotatable bonds is 5. The summed E-state index contributed by atoms with van der Waals surface area (Å²) < 4.78 is 15.9. The van der Waals surface area contributed by atoms with Crippen molar-refractivity contribution in [3.8, 4) is 23.0 Å². The summed E-state index contributed by atoms with van der Waals surface area (Å²) >= 11 is 0. The van der Waals surface area contributed by atoms with Crippen LogP contribution in [0.1, 0.15) is 5.69 Å². The van der Waals surface area contributed by atoms with Crippen LogP contribution < -0.4 is 14.8 Å². The zero-order valence-electron chi connectivity index (χ0n) is 10.7. The first-order chi connectivity index (χ1) is 8.76. The molecule has 0 radical (unpaired) electrons. The van der Waals surface area contributed by atoms with Gasteiger partial charge in [-0.15, -0.1) is 0 Å². The number of aromatic nitrogens is 1. The minimum atomic E-state index is 0.553. The Hall–Kier alpha value is -2.01. The Labute approximate surface area is 106 Å². The first-order valence-electron chi connectivity index (χ1n) is 5.59. The predicted molar refractivity (Wildman–Crippen MR) is 67.8 cm³/mol. The maximum absolute atomic E-state index is 5.44. The highest BCUT2D eigenvalue weighted by Gasteiger charge is 2.09. The first-order valence-corrected chi connectivity index (χ1v) is 5.59. The number of benzene rings is 1. The van der Waals surface area contributed by atoms with Crippen LogP contribution in [0.15, 0.2) is 28.9 Å². The third kappa shape index (κ3) is 2.62. The van der Waals surface area contributed by atoms with Gasteiger partial charge >= 0.3 is 0 Å². The molecule has 0 saturated heterocycles. The van der Waals surface area contributed by atoms with Crippen LogP contribution in [0, 0.1) is 0 Å². The number of methoxy groups -OCH3 is 2. The zero-order valence-corrected chi connectivity index (χ0v) is 10.7. The van der Waals surface area contributed by atoms with Gasteiger partial charge in [-0.05, 0) is 19.2 Å². The topological polar surface area (TPSA) is 56.5 Å². The lowest BCUT2D eigenvalue weighted by molar-refractivity contribution is 0.394. The molecule has 0 amide bonds. The standard InChI is InChI=1S/C13H16N2O3/c1-14-7-10-8-18-13(15-10)9-4-11(16-2)6-12(5-9)17-3/h4-6,8,14H,7H2,1-3H3. The van der Waals surface area contributed by atoms with Crippen molar-refractivity contribution in [1.82, 2.24) is 10.3 Å². The molecule has 0 bridgehead atoms. The van der Waals surface area contributed by atoms with Gasteiger partial charge in [0.1, 0.15) is 17.8 Å². The van der Waals surface area contributed by atoms with E-state index >= 15 is 0 Å². The van der Waals surface area contributed by atoms with Crippen LogP contribution >= 0.6 is 0 Å². The molecule has 1 aromatic carbocycles. The van der Waals surface area contributed by atoms with Crippen LogP contribution in [0.5, 0.6) is 11.5 Å². The summed E-state index contributed by atoms with van der Waals surface area (Å²) in [6, 6.07) is 5.52. The maximum Gasteiger partial charge on any atom is 0.226 e. The van der Waals surface area contributed by atoms with E-state index in [-0.39, 0.29) is 0 Å². The fraction of sp³-hybridized carbons (Fsp3) is 0.308. The summed E-state index contributed by atoms with van der Waals surface area (Å²) in [7, 11) is 5.09. The molecule has 0 spiro atoms. The maximum atomic E-state index is 5.44. The number of nitrogens with one attached hydrogen (secondary N) is 1. The lowest BCUT2D eigenvalue weighted by atomic mass is 10.2. The Morgan fingerprint density at radius 2 is 1.83 bits per heavy atom. The third-order valence-electron chi connectivity index (χ3n) is 2.51. The average Bonchev–Trinajstić information content (AvgIpc) is 2.87. The van der Waals surface area contributed by atoms with E-state index in [0.29, 0.717) is 23.9 Å². The molecule has 5 heteroatoms. The molecule has 2 rings (SSSR count). The van der Waals surface area contributed by atoms with Gasteiger partial charge < -0.3 is 19.2 Å². The van der Waals surface area contributed by atoms with Crippen LogP contribution in [-0.2, 0) is 6.54 Å². The largest absolute Gasteiger partial charge is 0.497 e. The highest BCUT2D eigenvalue weighted by Crippen LogP contribution is 2.29. The summed E-state index contributed by atoms with van der Waals surface area (Å²) in [5.74, 6) is 1.97. The van der Waals surface area contributed by atoms with E-state index in [9.17, 15) is 0 Å². The Kier molecular flexibility index (Phi) is 3.84. The highest BCUT2D eigenvalue weighted by molar-refractivity contribution is 5.59. The van der Waals surface area contributed by atoms with Crippen LogP contribution in [0.4, 0.5) is 0 Å². The third-order valence-corrected chi connectivity index (χ3v) is 2.51. The summed E-state index contributed by atoms with van der Waals surface area (Å²) in [4.78, 5) is 4.38.